The minimum Gasteiger partial charge on any atom is -0.355 e. The molecule has 0 aliphatic carbocycles. The Morgan fingerprint density at radius 1 is 1.18 bits per heavy atom. The van der Waals surface area contributed by atoms with E-state index in [1.54, 1.807) is 4.88 Å². The Hall–Kier alpha value is -1.39. The number of nitrogens with zero attached hydrogens (tertiary/aromatic N) is 5. The normalized spacial score (nSPS) is 17.8. The summed E-state index contributed by atoms with van der Waals surface area (Å²) in [4.78, 5) is 17.8. The third-order valence-electron chi connectivity index (χ3n) is 5.36. The first-order valence-electron chi connectivity index (χ1n) is 9.72. The number of pyridine rings is 1. The molecule has 0 bridgehead atoms. The number of hydrogen-bond acceptors (Lipinski definition) is 5. The van der Waals surface area contributed by atoms with E-state index >= 15 is 0 Å². The Labute approximate surface area is 188 Å². The number of aliphatic imine (C=N–C) groups is 1. The lowest BCUT2D eigenvalue weighted by Gasteiger charge is -2.37. The van der Waals surface area contributed by atoms with Crippen molar-refractivity contribution < 1.29 is 0 Å². The predicted octanol–water partition coefficient (Wildman–Crippen LogP) is 2.52. The van der Waals surface area contributed by atoms with Gasteiger partial charge in [-0.15, -0.1) is 35.3 Å². The molecule has 1 N–H and O–H groups in total. The molecule has 152 valence electrons. The van der Waals surface area contributed by atoms with Crippen LogP contribution in [0.15, 0.2) is 40.8 Å². The number of fused-ring (bicyclic) bond motifs is 1. The Balaban J connectivity index is 0.00000225. The number of piperazine rings is 1. The molecule has 0 spiro atoms. The van der Waals surface area contributed by atoms with Gasteiger partial charge in [-0.1, -0.05) is 6.07 Å². The zero-order valence-electron chi connectivity index (χ0n) is 16.4. The summed E-state index contributed by atoms with van der Waals surface area (Å²) in [5.74, 6) is 2.09. The lowest BCUT2D eigenvalue weighted by molar-refractivity contribution is 0.258. The quantitative estimate of drug-likeness (QED) is 0.388. The van der Waals surface area contributed by atoms with Gasteiger partial charge >= 0.3 is 0 Å². The molecular weight excluding hydrogens is 483 g/mol. The van der Waals surface area contributed by atoms with Gasteiger partial charge in [0.25, 0.3) is 0 Å². The highest BCUT2D eigenvalue weighted by atomic mass is 127. The van der Waals surface area contributed by atoms with E-state index in [2.05, 4.69) is 53.6 Å². The second-order valence-electron chi connectivity index (χ2n) is 7.03. The highest BCUT2D eigenvalue weighted by Crippen LogP contribution is 2.23. The smallest absolute Gasteiger partial charge is 0.193 e. The molecule has 1 saturated heterocycles. The van der Waals surface area contributed by atoms with E-state index in [0.717, 1.165) is 64.1 Å². The van der Waals surface area contributed by atoms with Crippen molar-refractivity contribution in [3.05, 3.63) is 46.3 Å². The molecule has 0 aromatic carbocycles. The first kappa shape index (κ1) is 21.3. The van der Waals surface area contributed by atoms with Gasteiger partial charge in [0.1, 0.15) is 5.82 Å². The number of guanidine groups is 1. The molecule has 28 heavy (non-hydrogen) atoms. The van der Waals surface area contributed by atoms with Crippen LogP contribution in [0.5, 0.6) is 0 Å². The molecule has 0 amide bonds. The summed E-state index contributed by atoms with van der Waals surface area (Å²) in [5, 5.41) is 5.78. The third-order valence-corrected chi connectivity index (χ3v) is 6.39. The van der Waals surface area contributed by atoms with E-state index in [-0.39, 0.29) is 24.0 Å². The molecule has 6 nitrogen and oxygen atoms in total. The Kier molecular flexibility index (Phi) is 7.92. The number of rotatable bonds is 4. The van der Waals surface area contributed by atoms with Crippen molar-refractivity contribution in [2.45, 2.75) is 13.0 Å². The topological polar surface area (TPSA) is 47.0 Å². The number of halogens is 1. The largest absolute Gasteiger partial charge is 0.355 e. The van der Waals surface area contributed by atoms with Crippen LogP contribution in [-0.2, 0) is 13.0 Å². The Bertz CT molecular complexity index is 757. The van der Waals surface area contributed by atoms with Gasteiger partial charge in [0.05, 0.1) is 0 Å². The molecule has 2 aromatic heterocycles. The lowest BCUT2D eigenvalue weighted by Crippen LogP contribution is -2.53. The van der Waals surface area contributed by atoms with E-state index in [0.29, 0.717) is 0 Å². The number of aromatic nitrogens is 1. The van der Waals surface area contributed by atoms with E-state index in [9.17, 15) is 0 Å². The fourth-order valence-electron chi connectivity index (χ4n) is 3.84. The maximum atomic E-state index is 4.50. The lowest BCUT2D eigenvalue weighted by atomic mass is 10.1. The monoisotopic (exact) mass is 512 g/mol. The molecule has 0 saturated carbocycles. The molecule has 2 aliphatic rings. The molecule has 8 heteroatoms. The van der Waals surface area contributed by atoms with Crippen molar-refractivity contribution in [3.8, 4) is 0 Å². The summed E-state index contributed by atoms with van der Waals surface area (Å²) < 4.78 is 0. The van der Waals surface area contributed by atoms with Crippen molar-refractivity contribution in [1.29, 1.82) is 0 Å². The van der Waals surface area contributed by atoms with E-state index in [1.807, 2.05) is 30.6 Å². The maximum absolute atomic E-state index is 4.50. The van der Waals surface area contributed by atoms with Gasteiger partial charge < -0.3 is 15.1 Å². The van der Waals surface area contributed by atoms with Gasteiger partial charge in [0, 0.05) is 70.5 Å². The Morgan fingerprint density at radius 3 is 2.79 bits per heavy atom. The van der Waals surface area contributed by atoms with Gasteiger partial charge in [-0.2, -0.15) is 0 Å². The van der Waals surface area contributed by atoms with Crippen LogP contribution in [0.3, 0.4) is 0 Å². The van der Waals surface area contributed by atoms with E-state index in [1.165, 1.54) is 12.0 Å². The average Bonchev–Trinajstić information content (AvgIpc) is 3.20. The number of anilines is 1. The molecule has 4 rings (SSSR count). The summed E-state index contributed by atoms with van der Waals surface area (Å²) in [6, 6.07) is 8.38. The highest BCUT2D eigenvalue weighted by molar-refractivity contribution is 14.0. The van der Waals surface area contributed by atoms with Crippen molar-refractivity contribution in [1.82, 2.24) is 20.1 Å². The van der Waals surface area contributed by atoms with E-state index in [4.69, 9.17) is 0 Å². The van der Waals surface area contributed by atoms with Gasteiger partial charge in [-0.3, -0.25) is 9.89 Å². The SMILES string of the molecule is CN=C(NCCN1CCc2sccc2C1)N1CCN(c2ccccn2)CC1.I. The van der Waals surface area contributed by atoms with Gasteiger partial charge in [-0.05, 0) is 35.6 Å². The fourth-order valence-corrected chi connectivity index (χ4v) is 4.73. The first-order valence-corrected chi connectivity index (χ1v) is 10.6. The van der Waals surface area contributed by atoms with Crippen molar-refractivity contribution in [2.24, 2.45) is 4.99 Å². The summed E-state index contributed by atoms with van der Waals surface area (Å²) in [6.07, 6.45) is 3.05. The second-order valence-corrected chi connectivity index (χ2v) is 8.03. The zero-order chi connectivity index (χ0) is 18.5. The van der Waals surface area contributed by atoms with Crippen molar-refractivity contribution in [2.75, 3.05) is 57.8 Å². The predicted molar refractivity (Wildman–Crippen MR) is 128 cm³/mol. The third kappa shape index (κ3) is 5.15. The molecule has 0 unspecified atom stereocenters. The van der Waals surface area contributed by atoms with Gasteiger partial charge in [0.2, 0.25) is 0 Å². The summed E-state index contributed by atoms with van der Waals surface area (Å²) in [6.45, 7) is 8.14. The van der Waals surface area contributed by atoms with E-state index < -0.39 is 0 Å². The molecule has 4 heterocycles. The summed E-state index contributed by atoms with van der Waals surface area (Å²) in [7, 11) is 1.88. The summed E-state index contributed by atoms with van der Waals surface area (Å²) >= 11 is 1.90. The highest BCUT2D eigenvalue weighted by Gasteiger charge is 2.21. The number of hydrogen-bond donors (Lipinski definition) is 1. The van der Waals surface area contributed by atoms with Crippen LogP contribution in [0, 0.1) is 0 Å². The number of thiophene rings is 1. The number of nitrogens with one attached hydrogen (secondary N) is 1. The zero-order valence-corrected chi connectivity index (χ0v) is 19.5. The van der Waals surface area contributed by atoms with Crippen LogP contribution in [0.25, 0.3) is 0 Å². The van der Waals surface area contributed by atoms with Crippen molar-refractivity contribution >= 4 is 47.1 Å². The molecule has 2 aliphatic heterocycles. The first-order chi connectivity index (χ1) is 13.3. The van der Waals surface area contributed by atoms with Crippen LogP contribution in [0.1, 0.15) is 10.4 Å². The van der Waals surface area contributed by atoms with Crippen LogP contribution >= 0.6 is 35.3 Å². The molecule has 0 radical (unpaired) electrons. The van der Waals surface area contributed by atoms with Crippen molar-refractivity contribution in [3.63, 3.8) is 0 Å². The Morgan fingerprint density at radius 2 is 2.04 bits per heavy atom. The van der Waals surface area contributed by atoms with Gasteiger partial charge in [-0.25, -0.2) is 4.98 Å². The molecular formula is C20H29IN6S. The van der Waals surface area contributed by atoms with Gasteiger partial charge in [0.15, 0.2) is 5.96 Å². The van der Waals surface area contributed by atoms with Crippen LogP contribution < -0.4 is 10.2 Å². The van der Waals surface area contributed by atoms with Crippen LogP contribution in [0.4, 0.5) is 5.82 Å². The molecule has 0 atom stereocenters. The minimum absolute atomic E-state index is 0. The van der Waals surface area contributed by atoms with Crippen LogP contribution in [0.2, 0.25) is 0 Å². The molecule has 1 fully saturated rings. The van der Waals surface area contributed by atoms with Crippen LogP contribution in [-0.4, -0.2) is 73.6 Å². The minimum atomic E-state index is 0. The molecule has 2 aromatic rings. The maximum Gasteiger partial charge on any atom is 0.193 e. The average molecular weight is 512 g/mol. The standard InChI is InChI=1S/C20H28N6S.HI/c1-21-20(23-8-10-24-9-5-18-17(16-24)6-15-27-18)26-13-11-25(12-14-26)19-4-2-3-7-22-19;/h2-4,6-7,15H,5,8-14,16H2,1H3,(H,21,23);1H. The summed E-state index contributed by atoms with van der Waals surface area (Å²) in [5.41, 5.74) is 1.52. The fraction of sp³-hybridized carbons (Fsp3) is 0.500. The second kappa shape index (κ2) is 10.4.